The summed E-state index contributed by atoms with van der Waals surface area (Å²) in [7, 11) is 3.25. The molecule has 0 aliphatic heterocycles. The summed E-state index contributed by atoms with van der Waals surface area (Å²) in [6.45, 7) is 0. The number of fused-ring (bicyclic) bond motifs is 3. The minimum absolute atomic E-state index is 1.34. The van der Waals surface area contributed by atoms with Crippen LogP contribution in [0.15, 0.2) is 42.2 Å². The molecule has 0 fully saturated rings. The van der Waals surface area contributed by atoms with Gasteiger partial charge in [0.05, 0.1) is 0 Å². The van der Waals surface area contributed by atoms with Crippen LogP contribution in [0, 0.1) is 0 Å². The zero-order valence-electron chi connectivity index (χ0n) is 6.90. The molecular weight excluding hydrogens is 195 g/mol. The van der Waals surface area contributed by atoms with Gasteiger partial charge in [0.25, 0.3) is 0 Å². The lowest BCUT2D eigenvalue weighted by Gasteiger charge is -1.97. The Morgan fingerprint density at radius 2 is 1.85 bits per heavy atom. The minimum atomic E-state index is 1.34. The maximum absolute atomic E-state index is 2.29. The molecule has 0 radical (unpaired) electrons. The van der Waals surface area contributed by atoms with Crippen LogP contribution in [0.25, 0.3) is 20.9 Å². The molecule has 0 amide bonds. The van der Waals surface area contributed by atoms with E-state index in [1.54, 1.807) is 0 Å². The highest BCUT2D eigenvalue weighted by Crippen LogP contribution is 2.34. The van der Waals surface area contributed by atoms with E-state index < -0.39 is 0 Å². The van der Waals surface area contributed by atoms with E-state index in [1.807, 2.05) is 10.9 Å². The summed E-state index contributed by atoms with van der Waals surface area (Å²) in [6.07, 6.45) is 0. The van der Waals surface area contributed by atoms with Crippen molar-refractivity contribution in [2.75, 3.05) is 0 Å². The van der Waals surface area contributed by atoms with E-state index in [1.165, 1.54) is 28.2 Å². The maximum Gasteiger partial charge on any atom is 0.0399 e. The predicted octanol–water partition coefficient (Wildman–Crippen LogP) is 4.63. The number of benzene rings is 2. The molecule has 0 N–H and O–H groups in total. The molecule has 3 aromatic rings. The second-order valence-corrected chi connectivity index (χ2v) is 5.30. The molecule has 0 aliphatic carbocycles. The van der Waals surface area contributed by atoms with Crippen LogP contribution >= 0.6 is 18.3 Å². The van der Waals surface area contributed by atoms with Gasteiger partial charge in [0, 0.05) is 10.1 Å². The third-order valence-electron chi connectivity index (χ3n) is 2.26. The Hall–Kier alpha value is -0.910. The van der Waals surface area contributed by atoms with Crippen molar-refractivity contribution in [3.63, 3.8) is 0 Å². The second-order valence-electron chi connectivity index (χ2n) is 3.02. The molecule has 0 saturated heterocycles. The van der Waals surface area contributed by atoms with E-state index in [4.69, 9.17) is 0 Å². The van der Waals surface area contributed by atoms with Gasteiger partial charge < -0.3 is 0 Å². The van der Waals surface area contributed by atoms with E-state index in [9.17, 15) is 0 Å². The minimum Gasteiger partial charge on any atom is -0.112 e. The van der Waals surface area contributed by atoms with Crippen molar-refractivity contribution in [3.05, 3.63) is 42.2 Å². The van der Waals surface area contributed by atoms with Gasteiger partial charge in [-0.1, -0.05) is 30.3 Å². The van der Waals surface area contributed by atoms with Crippen molar-refractivity contribution in [3.8, 4) is 0 Å². The average Bonchev–Trinajstić information content (AvgIpc) is 2.65. The smallest absolute Gasteiger partial charge is 0.0399 e. The quantitative estimate of drug-likeness (QED) is 0.498. The Labute approximate surface area is 81.7 Å². The fourth-order valence-electron chi connectivity index (χ4n) is 1.62. The summed E-state index contributed by atoms with van der Waals surface area (Å²) in [4.78, 5) is 0. The molecule has 0 unspecified atom stereocenters. The number of rotatable bonds is 0. The van der Waals surface area contributed by atoms with Crippen LogP contribution in [0.3, 0.4) is 0 Å². The van der Waals surface area contributed by atoms with Gasteiger partial charge in [0.1, 0.15) is 0 Å². The molecule has 13 heavy (non-hydrogen) atoms. The molecule has 0 atom stereocenters. The molecule has 2 aromatic carbocycles. The summed E-state index contributed by atoms with van der Waals surface area (Å²) in [5.74, 6) is 2.29. The first-order valence-corrected chi connectivity index (χ1v) is 6.56. The van der Waals surface area contributed by atoms with Gasteiger partial charge in [-0.25, -0.2) is 0 Å². The van der Waals surface area contributed by atoms with E-state index in [-0.39, 0.29) is 0 Å². The highest BCUT2D eigenvalue weighted by molar-refractivity contribution is 7.82. The first-order chi connectivity index (χ1) is 6.45. The lowest BCUT2D eigenvalue weighted by Crippen LogP contribution is -1.70. The Morgan fingerprint density at radius 3 is 2.85 bits per heavy atom. The normalized spacial score (nSPS) is 11.7. The molecule has 0 aliphatic rings. The molecule has 0 nitrogen and oxygen atoms in total. The van der Waals surface area contributed by atoms with Gasteiger partial charge in [-0.15, -0.1) is 10.9 Å². The van der Waals surface area contributed by atoms with E-state index in [0.717, 1.165) is 0 Å². The molecule has 0 saturated carbocycles. The molecule has 62 valence electrons. The first kappa shape index (κ1) is 7.49. The fourth-order valence-corrected chi connectivity index (χ4v) is 3.95. The van der Waals surface area contributed by atoms with E-state index >= 15 is 0 Å². The summed E-state index contributed by atoms with van der Waals surface area (Å²) in [6, 6.07) is 13.0. The molecule has 2 heteroatoms. The summed E-state index contributed by atoms with van der Waals surface area (Å²) >= 11 is 0. The average molecular weight is 202 g/mol. The van der Waals surface area contributed by atoms with Crippen LogP contribution in [0.5, 0.6) is 0 Å². The van der Waals surface area contributed by atoms with Gasteiger partial charge in [-0.2, -0.15) is 0 Å². The molecule has 1 heterocycles. The van der Waals surface area contributed by atoms with Crippen LogP contribution in [-0.4, -0.2) is 0 Å². The van der Waals surface area contributed by atoms with Crippen molar-refractivity contribution in [1.82, 2.24) is 0 Å². The van der Waals surface area contributed by atoms with Crippen LogP contribution in [0.4, 0.5) is 0 Å². The SMILES string of the molecule is c1ccc2c(c1)ccc1spcc12. The Morgan fingerprint density at radius 1 is 0.923 bits per heavy atom. The van der Waals surface area contributed by atoms with Gasteiger partial charge in [0.15, 0.2) is 0 Å². The van der Waals surface area contributed by atoms with E-state index in [2.05, 4.69) is 42.2 Å². The highest BCUT2D eigenvalue weighted by atomic mass is 32.5. The van der Waals surface area contributed by atoms with Crippen molar-refractivity contribution < 1.29 is 0 Å². The topological polar surface area (TPSA) is 0 Å². The van der Waals surface area contributed by atoms with Crippen LogP contribution < -0.4 is 0 Å². The highest BCUT2D eigenvalue weighted by Gasteiger charge is 1.99. The van der Waals surface area contributed by atoms with Gasteiger partial charge in [-0.05, 0) is 30.0 Å². The molecule has 3 rings (SSSR count). The van der Waals surface area contributed by atoms with Crippen molar-refractivity contribution in [2.45, 2.75) is 0 Å². The van der Waals surface area contributed by atoms with Gasteiger partial charge in [-0.3, -0.25) is 0 Å². The fraction of sp³-hybridized carbons (Fsp3) is 0. The summed E-state index contributed by atoms with van der Waals surface area (Å²) < 4.78 is 1.42. The Balaban J connectivity index is 2.65. The molecule has 0 spiro atoms. The second kappa shape index (κ2) is 2.80. The lowest BCUT2D eigenvalue weighted by molar-refractivity contribution is 1.82. The van der Waals surface area contributed by atoms with Crippen molar-refractivity contribution >= 4 is 39.2 Å². The lowest BCUT2D eigenvalue weighted by atomic mass is 10.1. The van der Waals surface area contributed by atoms with Gasteiger partial charge >= 0.3 is 0 Å². The Kier molecular flexibility index (Phi) is 1.61. The first-order valence-electron chi connectivity index (χ1n) is 4.17. The van der Waals surface area contributed by atoms with Crippen LogP contribution in [0.2, 0.25) is 0 Å². The van der Waals surface area contributed by atoms with E-state index in [0.29, 0.717) is 0 Å². The van der Waals surface area contributed by atoms with Crippen molar-refractivity contribution in [2.24, 2.45) is 0 Å². The zero-order chi connectivity index (χ0) is 8.67. The summed E-state index contributed by atoms with van der Waals surface area (Å²) in [5.41, 5.74) is 0. The summed E-state index contributed by atoms with van der Waals surface area (Å²) in [5, 5.41) is 4.15. The molecule has 0 bridgehead atoms. The number of hydrogen-bond acceptors (Lipinski definition) is 1. The molecule has 1 aromatic heterocycles. The standard InChI is InChI=1S/C11H7PS/c1-2-4-9-8(3-1)5-6-11-10(9)7-12-13-11/h1-7H. The third-order valence-corrected chi connectivity index (χ3v) is 4.51. The van der Waals surface area contributed by atoms with Crippen LogP contribution in [0.1, 0.15) is 0 Å². The van der Waals surface area contributed by atoms with Gasteiger partial charge in [0.2, 0.25) is 0 Å². The third kappa shape index (κ3) is 1.08. The number of hydrogen-bond donors (Lipinski definition) is 0. The Bertz CT molecular complexity index is 568. The van der Waals surface area contributed by atoms with Crippen molar-refractivity contribution in [1.29, 1.82) is 0 Å². The predicted molar refractivity (Wildman–Crippen MR) is 61.8 cm³/mol. The maximum atomic E-state index is 2.29. The molecular formula is C11H7PS. The zero-order valence-corrected chi connectivity index (χ0v) is 8.61. The van der Waals surface area contributed by atoms with Crippen LogP contribution in [-0.2, 0) is 0 Å². The largest absolute Gasteiger partial charge is 0.112 e. The monoisotopic (exact) mass is 202 g/mol.